The molecule has 0 fully saturated rings. The van der Waals surface area contributed by atoms with E-state index in [0.29, 0.717) is 18.0 Å². The molecule has 26 heavy (non-hydrogen) atoms. The molecule has 0 aliphatic carbocycles. The molecule has 0 spiro atoms. The molecule has 0 aliphatic rings. The largest absolute Gasteiger partial charge is 0.494 e. The maximum Gasteiger partial charge on any atom is 0.257 e. The SMILES string of the molecule is CCOc1ccc(NC(=O)c2cc(S(=O)(=O)NC(C)C)ccc2Cl)cc1. The van der Waals surface area contributed by atoms with Gasteiger partial charge in [0.15, 0.2) is 0 Å². The van der Waals surface area contributed by atoms with Crippen molar-refractivity contribution in [3.8, 4) is 5.75 Å². The van der Waals surface area contributed by atoms with E-state index in [1.165, 1.54) is 18.2 Å². The van der Waals surface area contributed by atoms with Crippen LogP contribution in [0.5, 0.6) is 5.75 Å². The minimum atomic E-state index is -3.72. The molecule has 2 N–H and O–H groups in total. The van der Waals surface area contributed by atoms with E-state index in [9.17, 15) is 13.2 Å². The van der Waals surface area contributed by atoms with Gasteiger partial charge in [-0.05, 0) is 63.2 Å². The van der Waals surface area contributed by atoms with Crippen LogP contribution in [0.2, 0.25) is 5.02 Å². The van der Waals surface area contributed by atoms with Gasteiger partial charge >= 0.3 is 0 Å². The molecular weight excluding hydrogens is 376 g/mol. The highest BCUT2D eigenvalue weighted by Gasteiger charge is 2.19. The molecule has 6 nitrogen and oxygen atoms in total. The molecule has 0 aliphatic heterocycles. The average Bonchev–Trinajstić information content (AvgIpc) is 2.56. The Morgan fingerprint density at radius 1 is 1.15 bits per heavy atom. The summed E-state index contributed by atoms with van der Waals surface area (Å²) in [5.41, 5.74) is 0.621. The van der Waals surface area contributed by atoms with E-state index >= 15 is 0 Å². The number of benzene rings is 2. The first-order valence-corrected chi connectivity index (χ1v) is 9.95. The zero-order chi connectivity index (χ0) is 19.3. The van der Waals surface area contributed by atoms with Gasteiger partial charge in [0.1, 0.15) is 5.75 Å². The van der Waals surface area contributed by atoms with E-state index in [1.54, 1.807) is 38.1 Å². The molecule has 0 bridgehead atoms. The lowest BCUT2D eigenvalue weighted by molar-refractivity contribution is 0.102. The summed E-state index contributed by atoms with van der Waals surface area (Å²) in [7, 11) is -3.72. The number of sulfonamides is 1. The van der Waals surface area contributed by atoms with Gasteiger partial charge < -0.3 is 10.1 Å². The first-order chi connectivity index (χ1) is 12.2. The fourth-order valence-corrected chi connectivity index (χ4v) is 3.70. The van der Waals surface area contributed by atoms with E-state index in [0.717, 1.165) is 0 Å². The van der Waals surface area contributed by atoms with Gasteiger partial charge in [-0.25, -0.2) is 13.1 Å². The van der Waals surface area contributed by atoms with Crippen LogP contribution in [0.4, 0.5) is 5.69 Å². The number of anilines is 1. The average molecular weight is 397 g/mol. The fourth-order valence-electron chi connectivity index (χ4n) is 2.22. The molecule has 8 heteroatoms. The highest BCUT2D eigenvalue weighted by molar-refractivity contribution is 7.89. The highest BCUT2D eigenvalue weighted by atomic mass is 35.5. The molecule has 0 radical (unpaired) electrons. The molecule has 0 unspecified atom stereocenters. The second kappa shape index (κ2) is 8.53. The van der Waals surface area contributed by atoms with Crippen LogP contribution in [0.25, 0.3) is 0 Å². The van der Waals surface area contributed by atoms with Gasteiger partial charge in [-0.15, -0.1) is 0 Å². The summed E-state index contributed by atoms with van der Waals surface area (Å²) >= 11 is 6.08. The zero-order valence-electron chi connectivity index (χ0n) is 14.7. The third-order valence-corrected chi connectivity index (χ3v) is 5.29. The first kappa shape index (κ1) is 20.2. The van der Waals surface area contributed by atoms with Crippen molar-refractivity contribution < 1.29 is 17.9 Å². The second-order valence-electron chi connectivity index (χ2n) is 5.83. The van der Waals surface area contributed by atoms with Crippen molar-refractivity contribution in [1.82, 2.24) is 4.72 Å². The summed E-state index contributed by atoms with van der Waals surface area (Å²) in [6.45, 7) is 5.86. The molecular formula is C18H21ClN2O4S. The predicted octanol–water partition coefficient (Wildman–Crippen LogP) is 3.68. The zero-order valence-corrected chi connectivity index (χ0v) is 16.3. The molecule has 1 amide bonds. The van der Waals surface area contributed by atoms with Gasteiger partial charge in [-0.1, -0.05) is 11.6 Å². The Bertz CT molecular complexity index is 881. The molecule has 0 saturated heterocycles. The lowest BCUT2D eigenvalue weighted by Gasteiger charge is -2.12. The van der Waals surface area contributed by atoms with Gasteiger partial charge in [-0.3, -0.25) is 4.79 Å². The standard InChI is InChI=1S/C18H21ClN2O4S/c1-4-25-14-7-5-13(6-8-14)20-18(22)16-11-15(9-10-17(16)19)26(23,24)21-12(2)3/h5-12,21H,4H2,1-3H3,(H,20,22). The van der Waals surface area contributed by atoms with Gasteiger partial charge in [0.25, 0.3) is 5.91 Å². The van der Waals surface area contributed by atoms with E-state index in [4.69, 9.17) is 16.3 Å². The number of ether oxygens (including phenoxy) is 1. The van der Waals surface area contributed by atoms with Crippen LogP contribution in [-0.2, 0) is 10.0 Å². The third-order valence-electron chi connectivity index (χ3n) is 3.31. The Morgan fingerprint density at radius 2 is 1.81 bits per heavy atom. The van der Waals surface area contributed by atoms with E-state index in [-0.39, 0.29) is 21.5 Å². The summed E-state index contributed by atoms with van der Waals surface area (Å²) in [5, 5.41) is 2.86. The predicted molar refractivity (Wildman–Crippen MR) is 102 cm³/mol. The van der Waals surface area contributed by atoms with E-state index < -0.39 is 15.9 Å². The third kappa shape index (κ3) is 5.20. The van der Waals surface area contributed by atoms with Crippen molar-refractivity contribution in [3.05, 3.63) is 53.1 Å². The van der Waals surface area contributed by atoms with Gasteiger partial charge in [0, 0.05) is 11.7 Å². The number of carbonyl (C=O) groups is 1. The van der Waals surface area contributed by atoms with E-state index in [2.05, 4.69) is 10.0 Å². The molecule has 2 aromatic carbocycles. The number of rotatable bonds is 7. The Balaban J connectivity index is 2.24. The number of halogens is 1. The maximum absolute atomic E-state index is 12.5. The Labute approximate surface area is 158 Å². The molecule has 0 aromatic heterocycles. The molecule has 0 heterocycles. The maximum atomic E-state index is 12.5. The second-order valence-corrected chi connectivity index (χ2v) is 7.95. The molecule has 2 aromatic rings. The van der Waals surface area contributed by atoms with Gasteiger partial charge in [-0.2, -0.15) is 0 Å². The summed E-state index contributed by atoms with van der Waals surface area (Å²) < 4.78 is 32.4. The number of hydrogen-bond acceptors (Lipinski definition) is 4. The molecule has 2 rings (SSSR count). The lowest BCUT2D eigenvalue weighted by Crippen LogP contribution is -2.30. The Kier molecular flexibility index (Phi) is 6.63. The van der Waals surface area contributed by atoms with Crippen LogP contribution in [0.1, 0.15) is 31.1 Å². The number of amides is 1. The monoisotopic (exact) mass is 396 g/mol. The van der Waals surface area contributed by atoms with Crippen LogP contribution < -0.4 is 14.8 Å². The number of hydrogen-bond donors (Lipinski definition) is 2. The first-order valence-electron chi connectivity index (χ1n) is 8.09. The van der Waals surface area contributed by atoms with Crippen molar-refractivity contribution in [1.29, 1.82) is 0 Å². The number of nitrogens with one attached hydrogen (secondary N) is 2. The normalized spacial score (nSPS) is 11.4. The molecule has 140 valence electrons. The van der Waals surface area contributed by atoms with Crippen LogP contribution in [0.3, 0.4) is 0 Å². The van der Waals surface area contributed by atoms with Crippen LogP contribution in [0, 0.1) is 0 Å². The summed E-state index contributed by atoms with van der Waals surface area (Å²) in [4.78, 5) is 12.5. The summed E-state index contributed by atoms with van der Waals surface area (Å²) in [6.07, 6.45) is 0. The van der Waals surface area contributed by atoms with Crippen molar-refractivity contribution in [2.24, 2.45) is 0 Å². The van der Waals surface area contributed by atoms with Gasteiger partial charge in [0.05, 0.1) is 22.1 Å². The minimum absolute atomic E-state index is 0.0209. The highest BCUT2D eigenvalue weighted by Crippen LogP contribution is 2.23. The summed E-state index contributed by atoms with van der Waals surface area (Å²) in [6, 6.07) is 10.6. The molecule has 0 atom stereocenters. The fraction of sp³-hybridized carbons (Fsp3) is 0.278. The van der Waals surface area contributed by atoms with E-state index in [1.807, 2.05) is 6.92 Å². The van der Waals surface area contributed by atoms with Crippen molar-refractivity contribution in [3.63, 3.8) is 0 Å². The summed E-state index contributed by atoms with van der Waals surface area (Å²) in [5.74, 6) is 0.192. The van der Waals surface area contributed by atoms with Gasteiger partial charge in [0.2, 0.25) is 10.0 Å². The van der Waals surface area contributed by atoms with Crippen LogP contribution in [0.15, 0.2) is 47.4 Å². The smallest absolute Gasteiger partial charge is 0.257 e. The van der Waals surface area contributed by atoms with Crippen molar-refractivity contribution in [2.75, 3.05) is 11.9 Å². The lowest BCUT2D eigenvalue weighted by atomic mass is 10.2. The number of carbonyl (C=O) groups excluding carboxylic acids is 1. The van der Waals surface area contributed by atoms with Crippen molar-refractivity contribution in [2.45, 2.75) is 31.7 Å². The minimum Gasteiger partial charge on any atom is -0.494 e. The Morgan fingerprint density at radius 3 is 2.38 bits per heavy atom. The molecule has 0 saturated carbocycles. The van der Waals surface area contributed by atoms with Crippen molar-refractivity contribution >= 4 is 33.2 Å². The Hall–Kier alpha value is -2.09. The quantitative estimate of drug-likeness (QED) is 0.747. The topological polar surface area (TPSA) is 84.5 Å². The van der Waals surface area contributed by atoms with Crippen LogP contribution >= 0.6 is 11.6 Å². The van der Waals surface area contributed by atoms with Crippen LogP contribution in [-0.4, -0.2) is 27.0 Å².